The van der Waals surface area contributed by atoms with Gasteiger partial charge in [0.25, 0.3) is 0 Å². The Bertz CT molecular complexity index is 855. The largest absolute Gasteiger partial charge is 0.479 e. The maximum absolute atomic E-state index is 11.9. The molecule has 0 aromatic heterocycles. The van der Waals surface area contributed by atoms with Gasteiger partial charge in [-0.25, -0.2) is 4.79 Å². The van der Waals surface area contributed by atoms with Crippen LogP contribution in [0.2, 0.25) is 0 Å². The second-order valence-electron chi connectivity index (χ2n) is 13.9. The maximum Gasteiger partial charge on any atom is 0.332 e. The summed E-state index contributed by atoms with van der Waals surface area (Å²) < 4.78 is 6.17. The molecule has 0 amide bonds. The molecule has 6 rings (SSSR count). The summed E-state index contributed by atoms with van der Waals surface area (Å²) in [5.41, 5.74) is 0.286. The van der Waals surface area contributed by atoms with E-state index in [1.165, 1.54) is 12.8 Å². The van der Waals surface area contributed by atoms with E-state index in [1.807, 2.05) is 0 Å². The van der Waals surface area contributed by atoms with Crippen LogP contribution in [0.5, 0.6) is 0 Å². The van der Waals surface area contributed by atoms with E-state index in [0.717, 1.165) is 32.1 Å². The second-order valence-corrected chi connectivity index (χ2v) is 13.9. The fraction of sp³-hybridized carbons (Fsp3) is 0.963. The van der Waals surface area contributed by atoms with Gasteiger partial charge in [0, 0.05) is 5.41 Å². The van der Waals surface area contributed by atoms with Gasteiger partial charge in [-0.05, 0) is 96.7 Å². The Kier molecular flexibility index (Phi) is 4.18. The molecule has 5 nitrogen and oxygen atoms in total. The minimum atomic E-state index is -0.895. The normalized spacial score (nSPS) is 62.1. The number of fused-ring (bicyclic) bond motifs is 4. The number of carboxylic acid groups (broad SMARTS) is 1. The molecule has 1 saturated heterocycles. The van der Waals surface area contributed by atoms with E-state index >= 15 is 0 Å². The van der Waals surface area contributed by atoms with E-state index in [2.05, 4.69) is 34.6 Å². The molecule has 0 bridgehead atoms. The Hall–Kier alpha value is -0.650. The molecule has 1 heterocycles. The quantitative estimate of drug-likeness (QED) is 0.561. The zero-order chi connectivity index (χ0) is 23.1. The summed E-state index contributed by atoms with van der Waals surface area (Å²) in [4.78, 5) is 11.8. The minimum absolute atomic E-state index is 0.0315. The number of carboxylic acids is 1. The monoisotopic (exact) mass is 446 g/mol. The van der Waals surface area contributed by atoms with E-state index in [-0.39, 0.29) is 45.7 Å². The second kappa shape index (κ2) is 6.12. The van der Waals surface area contributed by atoms with Gasteiger partial charge in [0.2, 0.25) is 0 Å². The van der Waals surface area contributed by atoms with E-state index < -0.39 is 18.2 Å². The van der Waals surface area contributed by atoms with Gasteiger partial charge in [0.15, 0.2) is 6.10 Å². The highest BCUT2D eigenvalue weighted by atomic mass is 16.5. The van der Waals surface area contributed by atoms with Gasteiger partial charge in [-0.15, -0.1) is 0 Å². The van der Waals surface area contributed by atoms with Crippen molar-refractivity contribution in [1.82, 2.24) is 0 Å². The van der Waals surface area contributed by atoms with Crippen LogP contribution in [0.4, 0.5) is 0 Å². The van der Waals surface area contributed by atoms with Gasteiger partial charge in [-0.1, -0.05) is 34.6 Å². The number of aliphatic carboxylic acids is 1. The fourth-order valence-electron chi connectivity index (χ4n) is 11.4. The first-order chi connectivity index (χ1) is 14.9. The third-order valence-corrected chi connectivity index (χ3v) is 13.1. The predicted octanol–water partition coefficient (Wildman–Crippen LogP) is 4.25. The molecule has 1 aliphatic heterocycles. The van der Waals surface area contributed by atoms with Gasteiger partial charge in [0.05, 0.1) is 18.3 Å². The molecule has 0 aromatic rings. The Balaban J connectivity index is 1.40. The van der Waals surface area contributed by atoms with Crippen molar-refractivity contribution in [1.29, 1.82) is 0 Å². The van der Waals surface area contributed by atoms with Gasteiger partial charge in [0.1, 0.15) is 0 Å². The van der Waals surface area contributed by atoms with Crippen LogP contribution < -0.4 is 0 Å². The van der Waals surface area contributed by atoms with Crippen LogP contribution in [0.25, 0.3) is 0 Å². The third-order valence-electron chi connectivity index (χ3n) is 13.1. The molecule has 5 saturated carbocycles. The highest BCUT2D eigenvalue weighted by Gasteiger charge is 2.84. The molecule has 0 aromatic carbocycles. The zero-order valence-corrected chi connectivity index (χ0v) is 20.4. The van der Waals surface area contributed by atoms with Crippen molar-refractivity contribution >= 4 is 5.97 Å². The van der Waals surface area contributed by atoms with Crippen LogP contribution >= 0.6 is 0 Å². The van der Waals surface area contributed by atoms with Crippen LogP contribution in [-0.2, 0) is 9.53 Å². The fourth-order valence-corrected chi connectivity index (χ4v) is 11.4. The van der Waals surface area contributed by atoms with Gasteiger partial charge < -0.3 is 20.1 Å². The van der Waals surface area contributed by atoms with Gasteiger partial charge in [-0.2, -0.15) is 0 Å². The van der Waals surface area contributed by atoms with Crippen molar-refractivity contribution in [3.8, 4) is 0 Å². The third kappa shape index (κ3) is 2.13. The van der Waals surface area contributed by atoms with Crippen molar-refractivity contribution in [2.45, 2.75) is 110 Å². The maximum atomic E-state index is 11.9. The lowest BCUT2D eigenvalue weighted by Gasteiger charge is -2.63. The van der Waals surface area contributed by atoms with Crippen LogP contribution in [0.3, 0.4) is 0 Å². The molecule has 6 unspecified atom stereocenters. The van der Waals surface area contributed by atoms with Crippen molar-refractivity contribution < 1.29 is 24.9 Å². The van der Waals surface area contributed by atoms with Crippen LogP contribution in [0.15, 0.2) is 0 Å². The molecule has 180 valence electrons. The van der Waals surface area contributed by atoms with Crippen LogP contribution in [-0.4, -0.2) is 45.7 Å². The Morgan fingerprint density at radius 3 is 2.28 bits per heavy atom. The number of hydrogen-bond acceptors (Lipinski definition) is 4. The number of aliphatic hydroxyl groups is 2. The number of hydrogen-bond donors (Lipinski definition) is 3. The molecular formula is C27H42O5. The topological polar surface area (TPSA) is 87.0 Å². The Morgan fingerprint density at radius 2 is 1.59 bits per heavy atom. The van der Waals surface area contributed by atoms with Crippen LogP contribution in [0.1, 0.15) is 86.0 Å². The lowest BCUT2D eigenvalue weighted by Crippen LogP contribution is -2.59. The van der Waals surface area contributed by atoms with Gasteiger partial charge in [-0.3, -0.25) is 0 Å². The highest BCUT2D eigenvalue weighted by Crippen LogP contribution is 2.89. The summed E-state index contributed by atoms with van der Waals surface area (Å²) >= 11 is 0. The predicted molar refractivity (Wildman–Crippen MR) is 120 cm³/mol. The van der Waals surface area contributed by atoms with Crippen molar-refractivity contribution in [2.24, 2.45) is 50.7 Å². The average molecular weight is 447 g/mol. The van der Waals surface area contributed by atoms with Crippen molar-refractivity contribution in [3.05, 3.63) is 0 Å². The van der Waals surface area contributed by atoms with Crippen LogP contribution in [0, 0.1) is 50.7 Å². The minimum Gasteiger partial charge on any atom is -0.479 e. The molecule has 32 heavy (non-hydrogen) atoms. The molecule has 12 atom stereocenters. The van der Waals surface area contributed by atoms with E-state index in [1.54, 1.807) is 0 Å². The molecule has 5 heteroatoms. The van der Waals surface area contributed by atoms with Crippen molar-refractivity contribution in [2.75, 3.05) is 0 Å². The first-order valence-electron chi connectivity index (χ1n) is 13.1. The molecular weight excluding hydrogens is 404 g/mol. The number of carbonyl (C=O) groups is 1. The summed E-state index contributed by atoms with van der Waals surface area (Å²) in [7, 11) is 0. The number of aliphatic hydroxyl groups excluding tert-OH is 2. The lowest BCUT2D eigenvalue weighted by atomic mass is 9.41. The molecule has 3 N–H and O–H groups in total. The number of rotatable bonds is 1. The van der Waals surface area contributed by atoms with E-state index in [0.29, 0.717) is 23.7 Å². The first kappa shape index (κ1) is 21.9. The number of ether oxygens (including phenoxy) is 1. The summed E-state index contributed by atoms with van der Waals surface area (Å²) in [6.45, 7) is 11.5. The molecule has 5 aliphatic carbocycles. The van der Waals surface area contributed by atoms with E-state index in [9.17, 15) is 20.1 Å². The van der Waals surface area contributed by atoms with Gasteiger partial charge >= 0.3 is 5.97 Å². The molecule has 0 radical (unpaired) electrons. The molecule has 2 spiro atoms. The summed E-state index contributed by atoms with van der Waals surface area (Å²) in [6.07, 6.45) is 6.41. The SMILES string of the molecule is CC1CC(C(=O)O)OC2C1[C@@]1(C)CCC34C[C@@]35CCC(O)C(C)(C)[C@@H]5CC[C@H]4[C@]1(C)[C@H]2O. The Labute approximate surface area is 192 Å². The zero-order valence-electron chi connectivity index (χ0n) is 20.4. The summed E-state index contributed by atoms with van der Waals surface area (Å²) in [6, 6.07) is 0. The highest BCUT2D eigenvalue weighted by molar-refractivity contribution is 5.72. The molecule has 6 aliphatic rings. The standard InChI is InChI=1S/C27H42O5/c1-14-12-15(22(30)31)32-20-19(14)24(4)10-11-27-13-26(27)9-8-18(28)23(2,3)16(26)6-7-17(27)25(24,5)21(20)29/h14-21,28-29H,6-13H2,1-5H3,(H,30,31)/t14?,15?,16-,17-,18?,19?,20?,21-,24+,25+,26+,27?/m0/s1. The summed E-state index contributed by atoms with van der Waals surface area (Å²) in [5, 5.41) is 32.4. The lowest BCUT2D eigenvalue weighted by molar-refractivity contribution is -0.183. The Morgan fingerprint density at radius 1 is 0.938 bits per heavy atom. The average Bonchev–Trinajstić information content (AvgIpc) is 3.36. The van der Waals surface area contributed by atoms with Crippen molar-refractivity contribution in [3.63, 3.8) is 0 Å². The van der Waals surface area contributed by atoms with E-state index in [4.69, 9.17) is 4.74 Å². The smallest absolute Gasteiger partial charge is 0.332 e. The first-order valence-corrected chi connectivity index (χ1v) is 13.1. The molecule has 6 fully saturated rings. The summed E-state index contributed by atoms with van der Waals surface area (Å²) in [5.74, 6) is 0.575.